The first-order valence-electron chi connectivity index (χ1n) is 11.4. The summed E-state index contributed by atoms with van der Waals surface area (Å²) in [4.78, 5) is 14.9. The van der Waals surface area contributed by atoms with Crippen LogP contribution in [0.2, 0.25) is 0 Å². The summed E-state index contributed by atoms with van der Waals surface area (Å²) in [6.45, 7) is 9.03. The van der Waals surface area contributed by atoms with E-state index >= 15 is 0 Å². The average Bonchev–Trinajstić information content (AvgIpc) is 3.32. The molecule has 3 aromatic rings. The van der Waals surface area contributed by atoms with Gasteiger partial charge in [0.2, 0.25) is 5.91 Å². The van der Waals surface area contributed by atoms with Gasteiger partial charge in [-0.3, -0.25) is 14.3 Å². The fourth-order valence-electron chi connectivity index (χ4n) is 3.71. The molecule has 1 aromatic heterocycles. The van der Waals surface area contributed by atoms with E-state index in [1.807, 2.05) is 16.7 Å². The Bertz CT molecular complexity index is 1030. The van der Waals surface area contributed by atoms with Crippen LogP contribution in [0.5, 0.6) is 0 Å². The third kappa shape index (κ3) is 6.66. The zero-order valence-corrected chi connectivity index (χ0v) is 20.1. The van der Waals surface area contributed by atoms with Crippen LogP contribution in [-0.4, -0.2) is 64.2 Å². The molecule has 1 aliphatic heterocycles. The summed E-state index contributed by atoms with van der Waals surface area (Å²) in [5, 5.41) is 11.9. The summed E-state index contributed by atoms with van der Waals surface area (Å²) >= 11 is 1.38. The molecule has 2 aromatic carbocycles. The Balaban J connectivity index is 1.26. The third-order valence-corrected chi connectivity index (χ3v) is 6.69. The number of carbonyl (C=O) groups excluding carboxylic acids is 1. The molecule has 0 radical (unpaired) electrons. The highest BCUT2D eigenvalue weighted by Gasteiger charge is 2.12. The van der Waals surface area contributed by atoms with Gasteiger partial charge in [-0.1, -0.05) is 49.9 Å². The molecule has 1 fully saturated rings. The topological polar surface area (TPSA) is 72.3 Å². The number of nitrogens with one attached hydrogen (secondary N) is 1. The van der Waals surface area contributed by atoms with Gasteiger partial charge in [0, 0.05) is 31.0 Å². The Morgan fingerprint density at radius 1 is 1.09 bits per heavy atom. The number of ether oxygens (including phenoxy) is 1. The van der Waals surface area contributed by atoms with E-state index in [2.05, 4.69) is 70.7 Å². The van der Waals surface area contributed by atoms with Crippen LogP contribution >= 0.6 is 11.8 Å². The van der Waals surface area contributed by atoms with Gasteiger partial charge in [0.05, 0.1) is 19.0 Å². The summed E-state index contributed by atoms with van der Waals surface area (Å²) in [5.41, 5.74) is 4.35. The van der Waals surface area contributed by atoms with Crippen LogP contribution in [0.15, 0.2) is 60.0 Å². The number of aromatic nitrogens is 3. The Hall–Kier alpha value is -2.68. The Morgan fingerprint density at radius 3 is 2.52 bits per heavy atom. The van der Waals surface area contributed by atoms with Crippen LogP contribution in [0.3, 0.4) is 0 Å². The summed E-state index contributed by atoms with van der Waals surface area (Å²) in [5.74, 6) is 0.684. The lowest BCUT2D eigenvalue weighted by molar-refractivity contribution is -0.113. The minimum Gasteiger partial charge on any atom is -0.379 e. The van der Waals surface area contributed by atoms with Gasteiger partial charge in [0.15, 0.2) is 5.16 Å². The van der Waals surface area contributed by atoms with E-state index in [0.29, 0.717) is 11.1 Å². The van der Waals surface area contributed by atoms with E-state index in [4.69, 9.17) is 4.74 Å². The maximum atomic E-state index is 12.5. The molecule has 0 atom stereocenters. The second-order valence-electron chi connectivity index (χ2n) is 8.47. The highest BCUT2D eigenvalue weighted by molar-refractivity contribution is 7.99. The van der Waals surface area contributed by atoms with Crippen LogP contribution in [0.4, 0.5) is 5.69 Å². The number of morpholine rings is 1. The number of benzene rings is 2. The van der Waals surface area contributed by atoms with E-state index in [1.165, 1.54) is 22.9 Å². The monoisotopic (exact) mass is 465 g/mol. The van der Waals surface area contributed by atoms with Crippen molar-refractivity contribution in [1.29, 1.82) is 0 Å². The maximum absolute atomic E-state index is 12.5. The lowest BCUT2D eigenvalue weighted by atomic mass is 10.0. The van der Waals surface area contributed by atoms with Crippen molar-refractivity contribution in [2.75, 3.05) is 43.9 Å². The van der Waals surface area contributed by atoms with Gasteiger partial charge < -0.3 is 10.1 Å². The Morgan fingerprint density at radius 2 is 1.82 bits per heavy atom. The Kier molecular flexibility index (Phi) is 8.15. The number of rotatable bonds is 9. The predicted octanol–water partition coefficient (Wildman–Crippen LogP) is 4.00. The fourth-order valence-corrected chi connectivity index (χ4v) is 4.44. The van der Waals surface area contributed by atoms with Crippen molar-refractivity contribution in [3.05, 3.63) is 66.0 Å². The first kappa shape index (κ1) is 23.5. The zero-order valence-electron chi connectivity index (χ0n) is 19.2. The van der Waals surface area contributed by atoms with Crippen molar-refractivity contribution in [2.24, 2.45) is 0 Å². The van der Waals surface area contributed by atoms with Gasteiger partial charge in [0.1, 0.15) is 6.33 Å². The molecule has 2 heterocycles. The molecule has 174 valence electrons. The zero-order chi connectivity index (χ0) is 23.0. The molecule has 1 saturated heterocycles. The van der Waals surface area contributed by atoms with Gasteiger partial charge in [-0.15, -0.1) is 10.2 Å². The molecule has 4 rings (SSSR count). The summed E-state index contributed by atoms with van der Waals surface area (Å²) in [6.07, 6.45) is 2.68. The Labute approximate surface area is 199 Å². The quantitative estimate of drug-likeness (QED) is 0.482. The van der Waals surface area contributed by atoms with Crippen LogP contribution in [0.25, 0.3) is 5.69 Å². The number of hydrogen-bond acceptors (Lipinski definition) is 6. The molecule has 0 unspecified atom stereocenters. The first-order valence-corrected chi connectivity index (χ1v) is 12.4. The van der Waals surface area contributed by atoms with Crippen LogP contribution in [0.1, 0.15) is 30.9 Å². The third-order valence-electron chi connectivity index (χ3n) is 5.74. The van der Waals surface area contributed by atoms with Crippen molar-refractivity contribution in [2.45, 2.75) is 31.3 Å². The molecule has 0 spiro atoms. The molecule has 0 aliphatic carbocycles. The minimum absolute atomic E-state index is 0.0641. The predicted molar refractivity (Wildman–Crippen MR) is 132 cm³/mol. The first-order chi connectivity index (χ1) is 16.1. The molecule has 1 aliphatic rings. The van der Waals surface area contributed by atoms with Crippen LogP contribution in [0, 0.1) is 0 Å². The van der Waals surface area contributed by atoms with E-state index in [-0.39, 0.29) is 11.7 Å². The lowest BCUT2D eigenvalue weighted by Crippen LogP contribution is -2.37. The molecule has 0 bridgehead atoms. The molecule has 1 N–H and O–H groups in total. The lowest BCUT2D eigenvalue weighted by Gasteiger charge is -2.26. The van der Waals surface area contributed by atoms with E-state index in [0.717, 1.165) is 50.6 Å². The largest absolute Gasteiger partial charge is 0.379 e. The van der Waals surface area contributed by atoms with E-state index < -0.39 is 0 Å². The molecular formula is C25H31N5O2S. The highest BCUT2D eigenvalue weighted by Crippen LogP contribution is 2.22. The smallest absolute Gasteiger partial charge is 0.234 e. The molecule has 7 nitrogen and oxygen atoms in total. The molecular weight excluding hydrogens is 434 g/mol. The van der Waals surface area contributed by atoms with Crippen LogP contribution < -0.4 is 5.32 Å². The second-order valence-corrected chi connectivity index (χ2v) is 9.41. The molecule has 33 heavy (non-hydrogen) atoms. The molecule has 8 heteroatoms. The van der Waals surface area contributed by atoms with Crippen molar-refractivity contribution in [1.82, 2.24) is 19.7 Å². The average molecular weight is 466 g/mol. The van der Waals surface area contributed by atoms with E-state index in [9.17, 15) is 4.79 Å². The van der Waals surface area contributed by atoms with Gasteiger partial charge in [-0.25, -0.2) is 0 Å². The summed E-state index contributed by atoms with van der Waals surface area (Å²) in [6, 6.07) is 16.5. The number of carbonyl (C=O) groups is 1. The summed E-state index contributed by atoms with van der Waals surface area (Å²) in [7, 11) is 0. The fraction of sp³-hybridized carbons (Fsp3) is 0.400. The SMILES string of the molecule is CC(C)c1ccc(-n2cnnc2SCC(=O)Nc2ccc(CCN3CCOCC3)cc2)cc1. The van der Waals surface area contributed by atoms with Crippen LogP contribution in [-0.2, 0) is 16.0 Å². The van der Waals surface area contributed by atoms with Crippen molar-refractivity contribution in [3.63, 3.8) is 0 Å². The van der Waals surface area contributed by atoms with Gasteiger partial charge in [-0.05, 0) is 47.7 Å². The second kappa shape index (κ2) is 11.4. The van der Waals surface area contributed by atoms with Crippen molar-refractivity contribution in [3.8, 4) is 5.69 Å². The molecule has 1 amide bonds. The van der Waals surface area contributed by atoms with Crippen molar-refractivity contribution < 1.29 is 9.53 Å². The number of thioether (sulfide) groups is 1. The highest BCUT2D eigenvalue weighted by atomic mass is 32.2. The van der Waals surface area contributed by atoms with Gasteiger partial charge in [0.25, 0.3) is 0 Å². The number of hydrogen-bond donors (Lipinski definition) is 1. The number of nitrogens with zero attached hydrogens (tertiary/aromatic N) is 4. The molecule has 0 saturated carbocycles. The number of amides is 1. The minimum atomic E-state index is -0.0641. The van der Waals surface area contributed by atoms with Crippen molar-refractivity contribution >= 4 is 23.4 Å². The number of anilines is 1. The van der Waals surface area contributed by atoms with E-state index in [1.54, 1.807) is 6.33 Å². The summed E-state index contributed by atoms with van der Waals surface area (Å²) < 4.78 is 7.30. The standard InChI is InChI=1S/C25H31N5O2S/c1-19(2)21-5-9-23(10-6-21)30-18-26-28-25(30)33-17-24(31)27-22-7-3-20(4-8-22)11-12-29-13-15-32-16-14-29/h3-10,18-19H,11-17H2,1-2H3,(H,27,31). The maximum Gasteiger partial charge on any atom is 0.234 e. The van der Waals surface area contributed by atoms with Gasteiger partial charge in [-0.2, -0.15) is 0 Å². The van der Waals surface area contributed by atoms with Gasteiger partial charge >= 0.3 is 0 Å². The normalized spacial score (nSPS) is 14.5.